The molecular weight excluding hydrogens is 758 g/mol. The van der Waals surface area contributed by atoms with Gasteiger partial charge in [0.25, 0.3) is 0 Å². The van der Waals surface area contributed by atoms with Gasteiger partial charge in [0.2, 0.25) is 35.4 Å². The fourth-order valence-electron chi connectivity index (χ4n) is 7.73. The molecule has 324 valence electrons. The van der Waals surface area contributed by atoms with Crippen molar-refractivity contribution in [3.8, 4) is 0 Å². The number of fused-ring (bicyclic) bond motifs is 2. The number of aliphatic hydroxyl groups is 6. The maximum absolute atomic E-state index is 14.4. The molecule has 58 heavy (non-hydrogen) atoms. The van der Waals surface area contributed by atoms with E-state index in [0.29, 0.717) is 5.56 Å². The van der Waals surface area contributed by atoms with Gasteiger partial charge in [0.15, 0.2) is 0 Å². The summed E-state index contributed by atoms with van der Waals surface area (Å²) >= 11 is 0. The van der Waals surface area contributed by atoms with Crippen LogP contribution in [0.3, 0.4) is 0 Å². The molecule has 3 saturated heterocycles. The number of rotatable bonds is 6. The summed E-state index contributed by atoms with van der Waals surface area (Å²) in [4.78, 5) is 85.8. The van der Waals surface area contributed by atoms with Crippen LogP contribution in [0.15, 0.2) is 18.2 Å². The number of hydrogen-bond acceptors (Lipinski definition) is 13. The Morgan fingerprint density at radius 2 is 1.36 bits per heavy atom. The van der Waals surface area contributed by atoms with Crippen LogP contribution in [0.5, 0.6) is 0 Å². The summed E-state index contributed by atoms with van der Waals surface area (Å²) in [7, 11) is 0. The molecule has 0 spiro atoms. The van der Waals surface area contributed by atoms with Gasteiger partial charge in [-0.2, -0.15) is 0 Å². The molecule has 3 aliphatic rings. The molecule has 19 heteroatoms. The molecule has 0 bridgehead atoms. The van der Waals surface area contributed by atoms with Crippen molar-refractivity contribution < 1.29 is 59.4 Å². The summed E-state index contributed by atoms with van der Waals surface area (Å²) in [6.45, 7) is 10.5. The van der Waals surface area contributed by atoms with Crippen molar-refractivity contribution in [3.05, 3.63) is 34.9 Å². The third kappa shape index (κ3) is 10.1. The molecule has 3 aliphatic heterocycles. The molecule has 12 N–H and O–H groups in total. The summed E-state index contributed by atoms with van der Waals surface area (Å²) in [5.74, 6) is -7.39. The fraction of sp³-hybridized carbons (Fsp3) is 0.692. The highest BCUT2D eigenvalue weighted by Crippen LogP contribution is 2.28. The number of amides is 6. The first kappa shape index (κ1) is 46.4. The van der Waals surface area contributed by atoms with Crippen LogP contribution in [0.2, 0.25) is 0 Å². The average Bonchev–Trinajstić information content (AvgIpc) is 3.71. The van der Waals surface area contributed by atoms with Crippen LogP contribution in [0, 0.1) is 19.8 Å². The van der Waals surface area contributed by atoms with E-state index in [0.717, 1.165) is 20.9 Å². The number of hydrogen-bond donors (Lipinski definition) is 11. The minimum atomic E-state index is -1.85. The number of aryl methyl sites for hydroxylation is 2. The Morgan fingerprint density at radius 3 is 1.97 bits per heavy atom. The summed E-state index contributed by atoms with van der Waals surface area (Å²) in [6, 6.07) is -5.52. The summed E-state index contributed by atoms with van der Waals surface area (Å²) in [5, 5.41) is 76.3. The van der Waals surface area contributed by atoms with Crippen molar-refractivity contribution >= 4 is 35.4 Å². The van der Waals surface area contributed by atoms with Crippen LogP contribution < -0.4 is 27.0 Å². The molecule has 0 aliphatic carbocycles. The average molecular weight is 820 g/mol. The topological polar surface area (TPSA) is 304 Å². The second-order valence-electron chi connectivity index (χ2n) is 16.3. The molecule has 0 radical (unpaired) electrons. The third-order valence-corrected chi connectivity index (χ3v) is 11.8. The van der Waals surface area contributed by atoms with E-state index in [4.69, 9.17) is 5.73 Å². The van der Waals surface area contributed by atoms with Crippen molar-refractivity contribution in [2.75, 3.05) is 13.1 Å². The quantitative estimate of drug-likeness (QED) is 0.131. The van der Waals surface area contributed by atoms with Gasteiger partial charge < -0.3 is 67.4 Å². The van der Waals surface area contributed by atoms with E-state index in [1.165, 1.54) is 20.8 Å². The van der Waals surface area contributed by atoms with E-state index in [2.05, 4.69) is 21.3 Å². The van der Waals surface area contributed by atoms with Crippen LogP contribution >= 0.6 is 0 Å². The predicted molar refractivity (Wildman–Crippen MR) is 207 cm³/mol. The predicted octanol–water partition coefficient (Wildman–Crippen LogP) is -3.86. The molecule has 0 aromatic heterocycles. The van der Waals surface area contributed by atoms with E-state index in [1.807, 2.05) is 19.9 Å². The van der Waals surface area contributed by atoms with Gasteiger partial charge in [-0.3, -0.25) is 28.8 Å². The highest BCUT2D eigenvalue weighted by molar-refractivity contribution is 5.98. The molecule has 6 amide bonds. The number of benzene rings is 1. The maximum atomic E-state index is 14.4. The van der Waals surface area contributed by atoms with Gasteiger partial charge in [-0.25, -0.2) is 0 Å². The molecular formula is C39H61N7O12. The Balaban J connectivity index is 1.83. The standard InChI is InChI=1S/C39H61N7O12/c1-8-26(49)29-39(58)46-14-18(4)32(51)31(46)37(56)41-20(6)27(50)13-24(40)34(53)42-28(21(7)47)38(57)45-15-23(48)12-25(45)35(54)44-30(36(55)43-29)33(52)19(5)22-10-9-16(2)17(3)11-22/h9-11,18-21,23-33,47-52H,8,12-15,40H2,1-7H3,(H,41,56)(H,42,53)(H,43,55)(H,44,54). The Labute approximate surface area is 337 Å². The molecule has 15 atom stereocenters. The Morgan fingerprint density at radius 1 is 0.759 bits per heavy atom. The smallest absolute Gasteiger partial charge is 0.248 e. The minimum absolute atomic E-state index is 0.0736. The lowest BCUT2D eigenvalue weighted by molar-refractivity contribution is -0.147. The molecule has 4 rings (SSSR count). The highest BCUT2D eigenvalue weighted by Gasteiger charge is 2.50. The fourth-order valence-corrected chi connectivity index (χ4v) is 7.73. The molecule has 1 aromatic rings. The Kier molecular flexibility index (Phi) is 15.4. The van der Waals surface area contributed by atoms with E-state index < -0.39 is 139 Å². The molecule has 1 aromatic carbocycles. The molecule has 15 unspecified atom stereocenters. The van der Waals surface area contributed by atoms with E-state index in [9.17, 15) is 59.4 Å². The van der Waals surface area contributed by atoms with E-state index in [-0.39, 0.29) is 19.4 Å². The van der Waals surface area contributed by atoms with Crippen molar-refractivity contribution in [2.24, 2.45) is 11.7 Å². The zero-order valence-electron chi connectivity index (χ0n) is 34.0. The number of nitrogens with one attached hydrogen (secondary N) is 4. The highest BCUT2D eigenvalue weighted by atomic mass is 16.3. The first-order valence-electron chi connectivity index (χ1n) is 19.8. The normalized spacial score (nSPS) is 34.4. The van der Waals surface area contributed by atoms with Crippen LogP contribution in [0.25, 0.3) is 0 Å². The lowest BCUT2D eigenvalue weighted by Gasteiger charge is -2.35. The van der Waals surface area contributed by atoms with E-state index in [1.54, 1.807) is 26.0 Å². The first-order chi connectivity index (χ1) is 27.1. The van der Waals surface area contributed by atoms with Gasteiger partial charge in [-0.05, 0) is 57.2 Å². The van der Waals surface area contributed by atoms with Crippen molar-refractivity contribution in [2.45, 2.75) is 153 Å². The summed E-state index contributed by atoms with van der Waals surface area (Å²) in [5.41, 5.74) is 8.53. The third-order valence-electron chi connectivity index (χ3n) is 11.8. The number of aliphatic hydroxyl groups excluding tert-OH is 6. The van der Waals surface area contributed by atoms with Crippen LogP contribution in [-0.4, -0.2) is 168 Å². The molecule has 19 nitrogen and oxygen atoms in total. The van der Waals surface area contributed by atoms with Gasteiger partial charge in [-0.15, -0.1) is 0 Å². The van der Waals surface area contributed by atoms with Crippen molar-refractivity contribution in [3.63, 3.8) is 0 Å². The second-order valence-corrected chi connectivity index (χ2v) is 16.3. The number of nitrogens with two attached hydrogens (primary N) is 1. The lowest BCUT2D eigenvalue weighted by Crippen LogP contribution is -2.64. The maximum Gasteiger partial charge on any atom is 0.248 e. The monoisotopic (exact) mass is 819 g/mol. The van der Waals surface area contributed by atoms with E-state index >= 15 is 0 Å². The molecule has 0 saturated carbocycles. The Hall–Kier alpha value is -4.24. The minimum Gasteiger partial charge on any atom is -0.391 e. The number of nitrogens with zero attached hydrogens (tertiary/aromatic N) is 2. The zero-order valence-corrected chi connectivity index (χ0v) is 34.0. The van der Waals surface area contributed by atoms with Crippen LogP contribution in [-0.2, 0) is 28.8 Å². The summed E-state index contributed by atoms with van der Waals surface area (Å²) in [6.07, 6.45) is -9.76. The molecule has 3 fully saturated rings. The lowest BCUT2D eigenvalue weighted by atomic mass is 9.88. The van der Waals surface area contributed by atoms with Gasteiger partial charge >= 0.3 is 0 Å². The number of carbonyl (C=O) groups excluding carboxylic acids is 6. The van der Waals surface area contributed by atoms with Crippen LogP contribution in [0.4, 0.5) is 0 Å². The van der Waals surface area contributed by atoms with Gasteiger partial charge in [-0.1, -0.05) is 39.0 Å². The number of carbonyl (C=O) groups is 6. The summed E-state index contributed by atoms with van der Waals surface area (Å²) < 4.78 is 0. The largest absolute Gasteiger partial charge is 0.391 e. The molecule has 3 heterocycles. The van der Waals surface area contributed by atoms with Crippen LogP contribution in [0.1, 0.15) is 76.5 Å². The SMILES string of the molecule is CCC(O)C1NC(=O)C(C(O)C(C)c2ccc(C)c(C)c2)NC(=O)C2CC(O)CN2C(=O)C(C(C)O)NC(=O)C(N)CC(O)C(C)NC(=O)C2C(O)C(C)CN2C1=O. The second kappa shape index (κ2) is 19.2. The van der Waals surface area contributed by atoms with Crippen molar-refractivity contribution in [1.29, 1.82) is 0 Å². The zero-order chi connectivity index (χ0) is 43.5. The Bertz CT molecular complexity index is 1700. The van der Waals surface area contributed by atoms with Crippen molar-refractivity contribution in [1.82, 2.24) is 31.1 Å². The van der Waals surface area contributed by atoms with Gasteiger partial charge in [0.05, 0.1) is 48.7 Å². The van der Waals surface area contributed by atoms with Gasteiger partial charge in [0.1, 0.15) is 30.2 Å². The first-order valence-corrected chi connectivity index (χ1v) is 19.8. The van der Waals surface area contributed by atoms with Gasteiger partial charge in [0, 0.05) is 31.3 Å².